The lowest BCUT2D eigenvalue weighted by Crippen LogP contribution is -2.36. The van der Waals surface area contributed by atoms with Gasteiger partial charge in [-0.25, -0.2) is 4.98 Å². The van der Waals surface area contributed by atoms with E-state index >= 15 is 0 Å². The van der Waals surface area contributed by atoms with Crippen molar-refractivity contribution in [3.63, 3.8) is 0 Å². The van der Waals surface area contributed by atoms with Crippen LogP contribution in [-0.4, -0.2) is 40.2 Å². The molecule has 6 heteroatoms. The Kier molecular flexibility index (Phi) is 2.71. The van der Waals surface area contributed by atoms with Crippen LogP contribution in [0.3, 0.4) is 0 Å². The van der Waals surface area contributed by atoms with Crippen LogP contribution < -0.4 is 10.6 Å². The van der Waals surface area contributed by atoms with Crippen LogP contribution in [0.25, 0.3) is 11.0 Å². The van der Waals surface area contributed by atoms with E-state index in [1.165, 1.54) is 0 Å². The Labute approximate surface area is 104 Å². The van der Waals surface area contributed by atoms with E-state index in [2.05, 4.69) is 25.8 Å². The Balaban J connectivity index is 1.84. The monoisotopic (exact) mass is 245 g/mol. The molecule has 18 heavy (non-hydrogen) atoms. The summed E-state index contributed by atoms with van der Waals surface area (Å²) in [5, 5.41) is 14.0. The second-order valence-electron chi connectivity index (χ2n) is 4.61. The number of H-pyrrole nitrogens is 1. The predicted octanol–water partition coefficient (Wildman–Crippen LogP) is 0.358. The summed E-state index contributed by atoms with van der Waals surface area (Å²) in [5.74, 6) is -0.0706. The molecule has 94 valence electrons. The zero-order valence-electron chi connectivity index (χ0n) is 10.2. The number of carbonyl (C=O) groups is 1. The molecule has 6 nitrogen and oxygen atoms in total. The summed E-state index contributed by atoms with van der Waals surface area (Å²) in [6.45, 7) is 3.72. The molecule has 1 aliphatic rings. The normalized spacial score (nSPS) is 19.3. The van der Waals surface area contributed by atoms with Gasteiger partial charge < -0.3 is 10.6 Å². The number of nitrogens with one attached hydrogen (secondary N) is 3. The van der Waals surface area contributed by atoms with Crippen LogP contribution in [0.4, 0.5) is 0 Å². The molecule has 0 radical (unpaired) electrons. The smallest absolute Gasteiger partial charge is 0.253 e. The number of hydrogen-bond donors (Lipinski definition) is 3. The number of hydrogen-bond acceptors (Lipinski definition) is 4. The fourth-order valence-corrected chi connectivity index (χ4v) is 2.19. The fraction of sp³-hybridized carbons (Fsp3) is 0.417. The summed E-state index contributed by atoms with van der Waals surface area (Å²) in [6.07, 6.45) is 2.55. The number of pyridine rings is 1. The van der Waals surface area contributed by atoms with Gasteiger partial charge in [-0.2, -0.15) is 5.10 Å². The molecule has 3 heterocycles. The molecule has 0 bridgehead atoms. The first-order valence-electron chi connectivity index (χ1n) is 6.06. The van der Waals surface area contributed by atoms with Gasteiger partial charge in [-0.05, 0) is 26.0 Å². The van der Waals surface area contributed by atoms with E-state index in [9.17, 15) is 4.79 Å². The van der Waals surface area contributed by atoms with Crippen LogP contribution in [0.1, 0.15) is 22.5 Å². The van der Waals surface area contributed by atoms with Gasteiger partial charge in [-0.15, -0.1) is 0 Å². The Bertz CT molecular complexity index is 585. The molecule has 2 aromatic rings. The quantitative estimate of drug-likeness (QED) is 0.713. The number of aromatic amines is 1. The van der Waals surface area contributed by atoms with Crippen molar-refractivity contribution in [2.24, 2.45) is 0 Å². The van der Waals surface area contributed by atoms with Gasteiger partial charge >= 0.3 is 0 Å². The summed E-state index contributed by atoms with van der Waals surface area (Å²) in [7, 11) is 0. The molecular formula is C12H15N5O. The lowest BCUT2D eigenvalue weighted by atomic mass is 10.2. The second kappa shape index (κ2) is 4.38. The maximum absolute atomic E-state index is 12.1. The van der Waals surface area contributed by atoms with Crippen molar-refractivity contribution in [3.05, 3.63) is 23.5 Å². The molecule has 1 unspecified atom stereocenters. The summed E-state index contributed by atoms with van der Waals surface area (Å²) in [5.41, 5.74) is 2.15. The number of nitrogens with zero attached hydrogens (tertiary/aromatic N) is 2. The van der Waals surface area contributed by atoms with E-state index in [1.807, 2.05) is 13.0 Å². The Morgan fingerprint density at radius 1 is 1.56 bits per heavy atom. The van der Waals surface area contributed by atoms with Crippen LogP contribution in [0.5, 0.6) is 0 Å². The maximum atomic E-state index is 12.1. The van der Waals surface area contributed by atoms with Crippen molar-refractivity contribution in [1.82, 2.24) is 25.8 Å². The number of rotatable bonds is 2. The van der Waals surface area contributed by atoms with Crippen LogP contribution in [0, 0.1) is 6.92 Å². The number of aromatic nitrogens is 3. The standard InChI is InChI=1S/C12H15N5O/c1-7-10-4-8(5-14-11(10)17-16-7)12(18)15-9-2-3-13-6-9/h4-5,9,13H,2-3,6H2,1H3,(H,15,18)(H,14,16,17). The Hall–Kier alpha value is -1.95. The average Bonchev–Trinajstić information content (AvgIpc) is 3.00. The molecular weight excluding hydrogens is 230 g/mol. The van der Waals surface area contributed by atoms with Gasteiger partial charge in [-0.3, -0.25) is 9.89 Å². The minimum Gasteiger partial charge on any atom is -0.348 e. The second-order valence-corrected chi connectivity index (χ2v) is 4.61. The summed E-state index contributed by atoms with van der Waals surface area (Å²) in [6, 6.07) is 2.05. The van der Waals surface area contributed by atoms with Crippen molar-refractivity contribution in [2.45, 2.75) is 19.4 Å². The zero-order chi connectivity index (χ0) is 12.5. The topological polar surface area (TPSA) is 82.7 Å². The summed E-state index contributed by atoms with van der Waals surface area (Å²) in [4.78, 5) is 16.2. The molecule has 0 aliphatic carbocycles. The highest BCUT2D eigenvalue weighted by Crippen LogP contribution is 2.14. The van der Waals surface area contributed by atoms with E-state index < -0.39 is 0 Å². The largest absolute Gasteiger partial charge is 0.348 e. The molecule has 1 saturated heterocycles. The fourth-order valence-electron chi connectivity index (χ4n) is 2.19. The zero-order valence-corrected chi connectivity index (χ0v) is 10.2. The van der Waals surface area contributed by atoms with Crippen molar-refractivity contribution < 1.29 is 4.79 Å². The van der Waals surface area contributed by atoms with Gasteiger partial charge in [0, 0.05) is 29.9 Å². The van der Waals surface area contributed by atoms with Crippen molar-refractivity contribution in [3.8, 4) is 0 Å². The third kappa shape index (κ3) is 1.95. The van der Waals surface area contributed by atoms with Gasteiger partial charge in [-0.1, -0.05) is 0 Å². The number of carbonyl (C=O) groups excluding carboxylic acids is 1. The molecule has 2 aromatic heterocycles. The lowest BCUT2D eigenvalue weighted by molar-refractivity contribution is 0.0940. The molecule has 3 rings (SSSR count). The van der Waals surface area contributed by atoms with Gasteiger partial charge in [0.1, 0.15) is 0 Å². The minimum atomic E-state index is -0.0706. The van der Waals surface area contributed by atoms with E-state index in [0.29, 0.717) is 11.2 Å². The molecule has 3 N–H and O–H groups in total. The minimum absolute atomic E-state index is 0.0706. The number of amides is 1. The van der Waals surface area contributed by atoms with Crippen molar-refractivity contribution in [1.29, 1.82) is 0 Å². The number of aryl methyl sites for hydroxylation is 1. The molecule has 0 saturated carbocycles. The third-order valence-electron chi connectivity index (χ3n) is 3.26. The Morgan fingerprint density at radius 2 is 2.44 bits per heavy atom. The first kappa shape index (κ1) is 11.2. The maximum Gasteiger partial charge on any atom is 0.253 e. The van der Waals surface area contributed by atoms with E-state index in [4.69, 9.17) is 0 Å². The van der Waals surface area contributed by atoms with Crippen LogP contribution >= 0.6 is 0 Å². The highest BCUT2D eigenvalue weighted by atomic mass is 16.1. The highest BCUT2D eigenvalue weighted by molar-refractivity contribution is 5.97. The Morgan fingerprint density at radius 3 is 3.22 bits per heavy atom. The number of fused-ring (bicyclic) bond motifs is 1. The molecule has 0 spiro atoms. The van der Waals surface area contributed by atoms with Gasteiger partial charge in [0.05, 0.1) is 5.56 Å². The van der Waals surface area contributed by atoms with E-state index in [-0.39, 0.29) is 11.9 Å². The van der Waals surface area contributed by atoms with Gasteiger partial charge in [0.2, 0.25) is 0 Å². The third-order valence-corrected chi connectivity index (χ3v) is 3.26. The summed E-state index contributed by atoms with van der Waals surface area (Å²) >= 11 is 0. The van der Waals surface area contributed by atoms with Gasteiger partial charge in [0.15, 0.2) is 5.65 Å². The average molecular weight is 245 g/mol. The van der Waals surface area contributed by atoms with E-state index in [0.717, 1.165) is 30.6 Å². The van der Waals surface area contributed by atoms with Crippen LogP contribution in [-0.2, 0) is 0 Å². The van der Waals surface area contributed by atoms with Crippen molar-refractivity contribution in [2.75, 3.05) is 13.1 Å². The molecule has 0 aromatic carbocycles. The summed E-state index contributed by atoms with van der Waals surface area (Å²) < 4.78 is 0. The molecule has 1 amide bonds. The first-order chi connectivity index (χ1) is 8.74. The lowest BCUT2D eigenvalue weighted by Gasteiger charge is -2.10. The van der Waals surface area contributed by atoms with E-state index in [1.54, 1.807) is 6.20 Å². The first-order valence-corrected chi connectivity index (χ1v) is 6.06. The predicted molar refractivity (Wildman–Crippen MR) is 67.4 cm³/mol. The van der Waals surface area contributed by atoms with Gasteiger partial charge in [0.25, 0.3) is 5.91 Å². The molecule has 1 fully saturated rings. The van der Waals surface area contributed by atoms with Crippen LogP contribution in [0.15, 0.2) is 12.3 Å². The molecule has 1 atom stereocenters. The SMILES string of the molecule is Cc1[nH]nc2ncc(C(=O)NC3CCNC3)cc12. The molecule has 1 aliphatic heterocycles. The highest BCUT2D eigenvalue weighted by Gasteiger charge is 2.18. The van der Waals surface area contributed by atoms with Crippen LogP contribution in [0.2, 0.25) is 0 Å². The van der Waals surface area contributed by atoms with Crippen molar-refractivity contribution >= 4 is 16.9 Å².